The Morgan fingerprint density at radius 1 is 1.12 bits per heavy atom. The van der Waals surface area contributed by atoms with Crippen molar-refractivity contribution in [3.05, 3.63) is 81.3 Å². The van der Waals surface area contributed by atoms with Crippen LogP contribution in [0.25, 0.3) is 10.9 Å². The molecule has 176 valence electrons. The zero-order valence-electron chi connectivity index (χ0n) is 18.2. The number of amides is 2. The molecule has 2 N–H and O–H groups in total. The van der Waals surface area contributed by atoms with E-state index in [-0.39, 0.29) is 11.4 Å². The molecule has 0 aliphatic heterocycles. The minimum absolute atomic E-state index is 0.0792. The van der Waals surface area contributed by atoms with Gasteiger partial charge in [-0.1, -0.05) is 6.07 Å². The fourth-order valence-electron chi connectivity index (χ4n) is 3.67. The Morgan fingerprint density at radius 2 is 1.91 bits per heavy atom. The van der Waals surface area contributed by atoms with Gasteiger partial charge in [0, 0.05) is 24.3 Å². The standard InChI is InChI=1S/C24H20F3IN4O2/c1-14-3-5-19-17(8-10-32(19)13-15-7-9-29-21(28)11-15)22(14)31-23(33)30-18-12-16(24(25,26)27)4-6-20(18)34-2/h3-12H,13H2,1-2H3,(H2,30,31,33). The average Bonchev–Trinajstić information content (AvgIpc) is 3.18. The van der Waals surface area contributed by atoms with Crippen molar-refractivity contribution in [2.75, 3.05) is 17.7 Å². The van der Waals surface area contributed by atoms with Gasteiger partial charge in [0.25, 0.3) is 0 Å². The maximum atomic E-state index is 13.1. The molecule has 0 spiro atoms. The first-order valence-corrected chi connectivity index (χ1v) is 11.3. The van der Waals surface area contributed by atoms with Gasteiger partial charge in [0.2, 0.25) is 0 Å². The van der Waals surface area contributed by atoms with Gasteiger partial charge in [0.05, 0.1) is 29.6 Å². The Labute approximate surface area is 207 Å². The first-order chi connectivity index (χ1) is 16.2. The number of benzene rings is 2. The van der Waals surface area contributed by atoms with E-state index < -0.39 is 17.8 Å². The number of aromatic nitrogens is 2. The number of nitrogens with zero attached hydrogens (tertiary/aromatic N) is 2. The molecule has 2 heterocycles. The second kappa shape index (κ2) is 9.53. The second-order valence-electron chi connectivity index (χ2n) is 7.61. The van der Waals surface area contributed by atoms with Gasteiger partial charge in [0.15, 0.2) is 0 Å². The minimum atomic E-state index is -4.54. The molecule has 10 heteroatoms. The van der Waals surface area contributed by atoms with E-state index in [2.05, 4.69) is 42.8 Å². The van der Waals surface area contributed by atoms with E-state index in [1.165, 1.54) is 13.2 Å². The molecule has 0 unspecified atom stereocenters. The summed E-state index contributed by atoms with van der Waals surface area (Å²) in [6.07, 6.45) is -0.861. The molecule has 4 rings (SSSR count). The number of alkyl halides is 3. The molecule has 2 aromatic heterocycles. The van der Waals surface area contributed by atoms with Crippen molar-refractivity contribution >= 4 is 50.9 Å². The summed E-state index contributed by atoms with van der Waals surface area (Å²) in [7, 11) is 1.32. The number of methoxy groups -OCH3 is 1. The lowest BCUT2D eigenvalue weighted by molar-refractivity contribution is -0.137. The highest BCUT2D eigenvalue weighted by Gasteiger charge is 2.31. The van der Waals surface area contributed by atoms with E-state index in [0.717, 1.165) is 37.9 Å². The van der Waals surface area contributed by atoms with Gasteiger partial charge in [0.1, 0.15) is 9.45 Å². The summed E-state index contributed by atoms with van der Waals surface area (Å²) in [5.41, 5.74) is 2.42. The number of hydrogen-bond donors (Lipinski definition) is 2. The number of pyridine rings is 1. The van der Waals surface area contributed by atoms with Crippen LogP contribution in [-0.2, 0) is 12.7 Å². The molecule has 0 saturated heterocycles. The Kier molecular flexibility index (Phi) is 6.69. The number of ether oxygens (including phenoxy) is 1. The van der Waals surface area contributed by atoms with Gasteiger partial charge in [-0.2, -0.15) is 13.2 Å². The lowest BCUT2D eigenvalue weighted by atomic mass is 10.1. The Hall–Kier alpha value is -3.28. The molecule has 2 aromatic carbocycles. The molecular weight excluding hydrogens is 560 g/mol. The third kappa shape index (κ3) is 5.11. The van der Waals surface area contributed by atoms with Crippen LogP contribution in [0.2, 0.25) is 0 Å². The number of nitrogens with one attached hydrogen (secondary N) is 2. The van der Waals surface area contributed by atoms with Crippen molar-refractivity contribution in [1.82, 2.24) is 9.55 Å². The van der Waals surface area contributed by atoms with E-state index in [4.69, 9.17) is 4.74 Å². The highest BCUT2D eigenvalue weighted by molar-refractivity contribution is 14.1. The first-order valence-electron chi connectivity index (χ1n) is 10.2. The summed E-state index contributed by atoms with van der Waals surface area (Å²) in [5.74, 6) is 0.121. The number of anilines is 2. The highest BCUT2D eigenvalue weighted by Crippen LogP contribution is 2.35. The van der Waals surface area contributed by atoms with Crippen molar-refractivity contribution in [2.24, 2.45) is 0 Å². The Morgan fingerprint density at radius 3 is 2.62 bits per heavy atom. The summed E-state index contributed by atoms with van der Waals surface area (Å²) in [4.78, 5) is 17.0. The summed E-state index contributed by atoms with van der Waals surface area (Å²) in [6, 6.07) is 11.9. The van der Waals surface area contributed by atoms with Gasteiger partial charge in [-0.3, -0.25) is 4.98 Å². The number of carbonyl (C=O) groups is 1. The highest BCUT2D eigenvalue weighted by atomic mass is 127. The molecule has 0 aliphatic carbocycles. The summed E-state index contributed by atoms with van der Waals surface area (Å²) < 4.78 is 47.4. The number of fused-ring (bicyclic) bond motifs is 1. The minimum Gasteiger partial charge on any atom is -0.495 e. The fraction of sp³-hybridized carbons (Fsp3) is 0.167. The smallest absolute Gasteiger partial charge is 0.416 e. The number of aryl methyl sites for hydroxylation is 1. The van der Waals surface area contributed by atoms with Crippen LogP contribution in [0.15, 0.2) is 60.9 Å². The number of halogens is 4. The van der Waals surface area contributed by atoms with E-state index in [1.54, 1.807) is 6.20 Å². The van der Waals surface area contributed by atoms with Crippen LogP contribution < -0.4 is 15.4 Å². The van der Waals surface area contributed by atoms with Crippen LogP contribution in [0.4, 0.5) is 29.3 Å². The summed E-state index contributed by atoms with van der Waals surface area (Å²) in [5, 5.41) is 6.08. The Bertz CT molecular complexity index is 1370. The molecule has 6 nitrogen and oxygen atoms in total. The van der Waals surface area contributed by atoms with Gasteiger partial charge in [-0.25, -0.2) is 4.79 Å². The lowest BCUT2D eigenvalue weighted by Crippen LogP contribution is -2.21. The Balaban J connectivity index is 1.60. The predicted molar refractivity (Wildman–Crippen MR) is 133 cm³/mol. The molecule has 0 bridgehead atoms. The summed E-state index contributed by atoms with van der Waals surface area (Å²) >= 11 is 2.16. The molecule has 4 aromatic rings. The van der Waals surface area contributed by atoms with Crippen LogP contribution in [0, 0.1) is 10.6 Å². The van der Waals surface area contributed by atoms with Crippen LogP contribution in [0.5, 0.6) is 5.75 Å². The van der Waals surface area contributed by atoms with E-state index >= 15 is 0 Å². The van der Waals surface area contributed by atoms with Gasteiger partial charge < -0.3 is 19.9 Å². The third-order valence-corrected chi connectivity index (χ3v) is 5.91. The van der Waals surface area contributed by atoms with Crippen molar-refractivity contribution in [3.8, 4) is 5.75 Å². The van der Waals surface area contributed by atoms with Crippen molar-refractivity contribution in [1.29, 1.82) is 0 Å². The molecule has 0 saturated carbocycles. The van der Waals surface area contributed by atoms with Gasteiger partial charge >= 0.3 is 12.2 Å². The maximum Gasteiger partial charge on any atom is 0.416 e. The molecule has 0 radical (unpaired) electrons. The maximum absolute atomic E-state index is 13.1. The molecule has 0 fully saturated rings. The lowest BCUT2D eigenvalue weighted by Gasteiger charge is -2.15. The van der Waals surface area contributed by atoms with Crippen LogP contribution in [0.3, 0.4) is 0 Å². The monoisotopic (exact) mass is 580 g/mol. The molecule has 0 atom stereocenters. The molecule has 34 heavy (non-hydrogen) atoms. The third-order valence-electron chi connectivity index (χ3n) is 5.32. The first kappa shape index (κ1) is 23.9. The van der Waals surface area contributed by atoms with Gasteiger partial charge in [-0.05, 0) is 83.1 Å². The zero-order chi connectivity index (χ0) is 24.5. The van der Waals surface area contributed by atoms with Crippen molar-refractivity contribution in [3.63, 3.8) is 0 Å². The SMILES string of the molecule is COc1ccc(C(F)(F)F)cc1NC(=O)Nc1c(C)ccc2c1ccn2Cc1ccnc(I)c1. The normalized spacial score (nSPS) is 11.5. The van der Waals surface area contributed by atoms with Crippen molar-refractivity contribution in [2.45, 2.75) is 19.6 Å². The quantitative estimate of drug-likeness (QED) is 0.205. The average molecular weight is 580 g/mol. The fourth-order valence-corrected chi connectivity index (χ4v) is 4.23. The molecule has 0 aliphatic rings. The molecule has 2 amide bonds. The van der Waals surface area contributed by atoms with Crippen LogP contribution in [0.1, 0.15) is 16.7 Å². The van der Waals surface area contributed by atoms with E-state index in [1.807, 2.05) is 43.5 Å². The topological polar surface area (TPSA) is 68.2 Å². The van der Waals surface area contributed by atoms with Crippen molar-refractivity contribution < 1.29 is 22.7 Å². The number of hydrogen-bond acceptors (Lipinski definition) is 3. The second-order valence-corrected chi connectivity index (χ2v) is 8.72. The van der Waals surface area contributed by atoms with Gasteiger partial charge in [-0.15, -0.1) is 0 Å². The van der Waals surface area contributed by atoms with Crippen LogP contribution in [-0.4, -0.2) is 22.7 Å². The summed E-state index contributed by atoms with van der Waals surface area (Å²) in [6.45, 7) is 2.47. The molecular formula is C24H20F3IN4O2. The van der Waals surface area contributed by atoms with E-state index in [9.17, 15) is 18.0 Å². The number of rotatable bonds is 5. The zero-order valence-corrected chi connectivity index (χ0v) is 20.4. The van der Waals surface area contributed by atoms with E-state index in [0.29, 0.717) is 12.2 Å². The largest absolute Gasteiger partial charge is 0.495 e. The number of carbonyl (C=O) groups excluding carboxylic acids is 1. The predicted octanol–water partition coefficient (Wildman–Crippen LogP) is 6.67. The van der Waals surface area contributed by atoms with Crippen LogP contribution >= 0.6 is 22.6 Å². The number of urea groups is 1.